The molecule has 1 amide bonds. The number of hydrogen-bond donors (Lipinski definition) is 0. The zero-order chi connectivity index (χ0) is 17.3. The summed E-state index contributed by atoms with van der Waals surface area (Å²) in [6, 6.07) is 2.89. The third-order valence-corrected chi connectivity index (χ3v) is 5.39. The molecule has 0 saturated carbocycles. The van der Waals surface area contributed by atoms with Crippen LogP contribution in [0.15, 0.2) is 22.3 Å². The number of piperidine rings is 1. The highest BCUT2D eigenvalue weighted by Gasteiger charge is 2.28. The molecule has 0 bridgehead atoms. The predicted molar refractivity (Wildman–Crippen MR) is 93.6 cm³/mol. The first-order valence-electron chi connectivity index (χ1n) is 8.24. The minimum Gasteiger partial charge on any atom is -0.337 e. The van der Waals surface area contributed by atoms with Crippen molar-refractivity contribution in [2.24, 2.45) is 7.05 Å². The summed E-state index contributed by atoms with van der Waals surface area (Å²) in [5.74, 6) is 0.592. The average Bonchev–Trinajstić information content (AvgIpc) is 3.07. The van der Waals surface area contributed by atoms with E-state index in [1.165, 1.54) is 16.8 Å². The summed E-state index contributed by atoms with van der Waals surface area (Å²) in [4.78, 5) is 30.7. The van der Waals surface area contributed by atoms with E-state index < -0.39 is 0 Å². The van der Waals surface area contributed by atoms with E-state index in [-0.39, 0.29) is 17.4 Å². The number of thiazole rings is 1. The lowest BCUT2D eigenvalue weighted by molar-refractivity contribution is 0.0698. The Balaban J connectivity index is 1.75. The van der Waals surface area contributed by atoms with Crippen molar-refractivity contribution < 1.29 is 4.79 Å². The molecule has 0 unspecified atom stereocenters. The Labute approximate surface area is 145 Å². The van der Waals surface area contributed by atoms with Crippen LogP contribution in [0.5, 0.6) is 0 Å². The van der Waals surface area contributed by atoms with E-state index in [0.29, 0.717) is 18.2 Å². The first kappa shape index (κ1) is 16.8. The zero-order valence-corrected chi connectivity index (χ0v) is 15.0. The molecule has 0 aliphatic carbocycles. The molecule has 1 fully saturated rings. The number of likely N-dealkylation sites (tertiary alicyclic amines) is 1. The van der Waals surface area contributed by atoms with Crippen LogP contribution in [0.3, 0.4) is 0 Å². The van der Waals surface area contributed by atoms with Gasteiger partial charge >= 0.3 is 0 Å². The van der Waals surface area contributed by atoms with Gasteiger partial charge in [-0.15, -0.1) is 11.3 Å². The molecule has 0 aromatic carbocycles. The fraction of sp³-hybridized carbons (Fsp3) is 0.529. The van der Waals surface area contributed by atoms with Gasteiger partial charge in [0.1, 0.15) is 5.69 Å². The fourth-order valence-corrected chi connectivity index (χ4v) is 4.00. The van der Waals surface area contributed by atoms with Crippen LogP contribution < -0.4 is 5.56 Å². The Morgan fingerprint density at radius 2 is 2.17 bits per heavy atom. The summed E-state index contributed by atoms with van der Waals surface area (Å²) in [6.07, 6.45) is 2.01. The van der Waals surface area contributed by atoms with Gasteiger partial charge in [0.25, 0.3) is 11.5 Å². The van der Waals surface area contributed by atoms with Gasteiger partial charge in [0.15, 0.2) is 0 Å². The Hall–Kier alpha value is -2.02. The molecule has 3 rings (SSSR count). The van der Waals surface area contributed by atoms with Crippen LogP contribution in [-0.2, 0) is 7.05 Å². The summed E-state index contributed by atoms with van der Waals surface area (Å²) in [7, 11) is 1.56. The molecule has 1 aliphatic rings. The molecule has 0 spiro atoms. The van der Waals surface area contributed by atoms with Gasteiger partial charge in [-0.05, 0) is 24.8 Å². The van der Waals surface area contributed by atoms with Crippen LogP contribution in [0.2, 0.25) is 0 Å². The topological polar surface area (TPSA) is 68.1 Å². The van der Waals surface area contributed by atoms with Gasteiger partial charge in [-0.1, -0.05) is 13.8 Å². The maximum Gasteiger partial charge on any atom is 0.274 e. The van der Waals surface area contributed by atoms with Gasteiger partial charge in [0.05, 0.1) is 10.7 Å². The second kappa shape index (κ2) is 6.84. The van der Waals surface area contributed by atoms with Crippen molar-refractivity contribution in [2.45, 2.75) is 38.5 Å². The SMILES string of the molecule is CC(C)c1csc([C@@H]2CCCN(C(=O)c3ccc(=O)n(C)n3)C2)n1. The van der Waals surface area contributed by atoms with Crippen LogP contribution in [0.4, 0.5) is 0 Å². The molecule has 0 radical (unpaired) electrons. The molecule has 3 heterocycles. The van der Waals surface area contributed by atoms with E-state index in [1.54, 1.807) is 18.4 Å². The van der Waals surface area contributed by atoms with Gasteiger partial charge in [-0.25, -0.2) is 9.67 Å². The van der Waals surface area contributed by atoms with Crippen molar-refractivity contribution in [3.05, 3.63) is 44.3 Å². The molecule has 24 heavy (non-hydrogen) atoms. The normalized spacial score (nSPS) is 18.2. The van der Waals surface area contributed by atoms with Crippen LogP contribution in [-0.4, -0.2) is 38.7 Å². The van der Waals surface area contributed by atoms with Crippen molar-refractivity contribution in [3.8, 4) is 0 Å². The van der Waals surface area contributed by atoms with E-state index in [2.05, 4.69) is 24.3 Å². The molecule has 1 saturated heterocycles. The second-order valence-electron chi connectivity index (χ2n) is 6.54. The number of carbonyl (C=O) groups is 1. The van der Waals surface area contributed by atoms with Crippen molar-refractivity contribution in [3.63, 3.8) is 0 Å². The lowest BCUT2D eigenvalue weighted by Gasteiger charge is -2.31. The predicted octanol–water partition coefficient (Wildman–Crippen LogP) is 2.38. The highest BCUT2D eigenvalue weighted by molar-refractivity contribution is 7.09. The van der Waals surface area contributed by atoms with Gasteiger partial charge in [-0.3, -0.25) is 9.59 Å². The van der Waals surface area contributed by atoms with Crippen LogP contribution >= 0.6 is 11.3 Å². The monoisotopic (exact) mass is 346 g/mol. The molecule has 1 atom stereocenters. The minimum atomic E-state index is -0.216. The molecule has 2 aromatic rings. The van der Waals surface area contributed by atoms with Gasteiger partial charge in [0.2, 0.25) is 0 Å². The molecule has 6 nitrogen and oxygen atoms in total. The number of carbonyl (C=O) groups excluding carboxylic acids is 1. The summed E-state index contributed by atoms with van der Waals surface area (Å²) in [5, 5.41) is 7.31. The smallest absolute Gasteiger partial charge is 0.274 e. The quantitative estimate of drug-likeness (QED) is 0.856. The molecule has 7 heteroatoms. The minimum absolute atomic E-state index is 0.115. The number of amides is 1. The lowest BCUT2D eigenvalue weighted by atomic mass is 9.98. The first-order chi connectivity index (χ1) is 11.5. The van der Waals surface area contributed by atoms with Crippen molar-refractivity contribution in [1.82, 2.24) is 19.7 Å². The lowest BCUT2D eigenvalue weighted by Crippen LogP contribution is -2.40. The van der Waals surface area contributed by atoms with E-state index in [9.17, 15) is 9.59 Å². The number of hydrogen-bond acceptors (Lipinski definition) is 5. The number of aryl methyl sites for hydroxylation is 1. The van der Waals surface area contributed by atoms with Crippen LogP contribution in [0.25, 0.3) is 0 Å². The fourth-order valence-electron chi connectivity index (χ4n) is 2.89. The number of aromatic nitrogens is 3. The summed E-state index contributed by atoms with van der Waals surface area (Å²) >= 11 is 1.69. The van der Waals surface area contributed by atoms with E-state index >= 15 is 0 Å². The highest BCUT2D eigenvalue weighted by atomic mass is 32.1. The third kappa shape index (κ3) is 3.40. The van der Waals surface area contributed by atoms with Crippen LogP contribution in [0.1, 0.15) is 59.7 Å². The van der Waals surface area contributed by atoms with E-state index in [0.717, 1.165) is 30.1 Å². The molecular weight excluding hydrogens is 324 g/mol. The Bertz CT molecular complexity index is 796. The van der Waals surface area contributed by atoms with Crippen molar-refractivity contribution in [1.29, 1.82) is 0 Å². The average molecular weight is 346 g/mol. The summed E-state index contributed by atoms with van der Waals surface area (Å²) < 4.78 is 1.20. The Kier molecular flexibility index (Phi) is 4.80. The maximum atomic E-state index is 12.7. The van der Waals surface area contributed by atoms with Gasteiger partial charge in [-0.2, -0.15) is 5.10 Å². The van der Waals surface area contributed by atoms with Crippen molar-refractivity contribution in [2.75, 3.05) is 13.1 Å². The molecule has 2 aromatic heterocycles. The van der Waals surface area contributed by atoms with Gasteiger partial charge < -0.3 is 4.90 Å². The maximum absolute atomic E-state index is 12.7. The summed E-state index contributed by atoms with van der Waals surface area (Å²) in [6.45, 7) is 5.67. The van der Waals surface area contributed by atoms with Crippen LogP contribution in [0, 0.1) is 0 Å². The molecule has 0 N–H and O–H groups in total. The van der Waals surface area contributed by atoms with E-state index in [1.807, 2.05) is 4.90 Å². The second-order valence-corrected chi connectivity index (χ2v) is 7.43. The molecule has 1 aliphatic heterocycles. The Morgan fingerprint density at radius 3 is 2.83 bits per heavy atom. The molecular formula is C17H22N4O2S. The first-order valence-corrected chi connectivity index (χ1v) is 9.12. The van der Waals surface area contributed by atoms with E-state index in [4.69, 9.17) is 4.98 Å². The van der Waals surface area contributed by atoms with Crippen molar-refractivity contribution >= 4 is 17.2 Å². The Morgan fingerprint density at radius 1 is 1.38 bits per heavy atom. The highest BCUT2D eigenvalue weighted by Crippen LogP contribution is 2.31. The molecule has 128 valence electrons. The third-order valence-electron chi connectivity index (χ3n) is 4.37. The number of nitrogens with zero attached hydrogens (tertiary/aromatic N) is 4. The summed E-state index contributed by atoms with van der Waals surface area (Å²) in [5.41, 5.74) is 1.23. The zero-order valence-electron chi connectivity index (χ0n) is 14.2. The largest absolute Gasteiger partial charge is 0.337 e. The number of rotatable bonds is 3. The standard InChI is InChI=1S/C17H22N4O2S/c1-11(2)14-10-24-16(18-14)12-5-4-8-21(9-12)17(23)13-6-7-15(22)20(3)19-13/h6-7,10-12H,4-5,8-9H2,1-3H3/t12-/m1/s1. The van der Waals surface area contributed by atoms with Gasteiger partial charge in [0, 0.05) is 37.5 Å².